The fraction of sp³-hybridized carbons (Fsp3) is 0.333. The molecule has 1 unspecified atom stereocenters. The van der Waals surface area contributed by atoms with Gasteiger partial charge in [-0.25, -0.2) is 5.84 Å². The molecule has 0 radical (unpaired) electrons. The molecule has 0 bridgehead atoms. The first-order chi connectivity index (χ1) is 10.1. The highest BCUT2D eigenvalue weighted by Gasteiger charge is 2.21. The number of rotatable bonds is 3. The summed E-state index contributed by atoms with van der Waals surface area (Å²) in [5.41, 5.74) is 5.92. The maximum Gasteiger partial charge on any atom is 0.249 e. The van der Waals surface area contributed by atoms with Gasteiger partial charge in [0.15, 0.2) is 0 Å². The zero-order chi connectivity index (χ0) is 15.4. The Morgan fingerprint density at radius 1 is 1.52 bits per heavy atom. The molecule has 2 rings (SSSR count). The van der Waals surface area contributed by atoms with Crippen LogP contribution in [0.2, 0.25) is 0 Å². The zero-order valence-electron chi connectivity index (χ0n) is 11.8. The van der Waals surface area contributed by atoms with Gasteiger partial charge in [-0.3, -0.25) is 9.80 Å². The van der Waals surface area contributed by atoms with Gasteiger partial charge in [-0.1, -0.05) is 18.7 Å². The maximum absolute atomic E-state index is 11.4. The second-order valence-electron chi connectivity index (χ2n) is 5.06. The first kappa shape index (κ1) is 15.0. The van der Waals surface area contributed by atoms with E-state index in [1.807, 2.05) is 0 Å². The summed E-state index contributed by atoms with van der Waals surface area (Å²) in [7, 11) is 0. The van der Waals surface area contributed by atoms with E-state index in [0.29, 0.717) is 21.7 Å². The zero-order valence-corrected chi connectivity index (χ0v) is 11.8. The van der Waals surface area contributed by atoms with E-state index >= 15 is 0 Å². The summed E-state index contributed by atoms with van der Waals surface area (Å²) in [6.45, 7) is 5.56. The lowest BCUT2D eigenvalue weighted by molar-refractivity contribution is 0.0999. The smallest absolute Gasteiger partial charge is 0.249 e. The van der Waals surface area contributed by atoms with Crippen LogP contribution in [0, 0.1) is 11.3 Å². The molecular formula is C15H19N5O. The third-order valence-corrected chi connectivity index (χ3v) is 3.72. The van der Waals surface area contributed by atoms with E-state index in [9.17, 15) is 10.1 Å². The van der Waals surface area contributed by atoms with Crippen LogP contribution < -0.4 is 27.3 Å². The molecule has 1 saturated heterocycles. The van der Waals surface area contributed by atoms with Gasteiger partial charge >= 0.3 is 0 Å². The Kier molecular flexibility index (Phi) is 4.58. The minimum absolute atomic E-state index is 0.0463. The van der Waals surface area contributed by atoms with Gasteiger partial charge in [0.1, 0.15) is 11.8 Å². The van der Waals surface area contributed by atoms with Gasteiger partial charge in [-0.05, 0) is 30.7 Å². The van der Waals surface area contributed by atoms with Crippen molar-refractivity contribution in [1.29, 1.82) is 5.26 Å². The van der Waals surface area contributed by atoms with Crippen molar-refractivity contribution in [2.24, 2.45) is 11.6 Å². The van der Waals surface area contributed by atoms with Gasteiger partial charge in [0.25, 0.3) is 0 Å². The lowest BCUT2D eigenvalue weighted by atomic mass is 10.1. The summed E-state index contributed by atoms with van der Waals surface area (Å²) in [5.74, 6) is 5.55. The molecule has 110 valence electrons. The third-order valence-electron chi connectivity index (χ3n) is 3.72. The molecule has 1 atom stereocenters. The standard InChI is InChI=1S/C15H19N5O/c1-10-12(5-2-6-13(10)15(17)21)14(8-16)20(18)11-4-3-7-19-9-11/h2,5-6,11,19H,1,3-4,7,9,18H2,(H2,17,21)/b14-12-. The van der Waals surface area contributed by atoms with Crippen LogP contribution in [-0.4, -0.2) is 30.0 Å². The fourth-order valence-electron chi connectivity index (χ4n) is 2.55. The number of nitriles is 1. The molecule has 1 aliphatic rings. The highest BCUT2D eigenvalue weighted by atomic mass is 16.1. The molecule has 6 nitrogen and oxygen atoms in total. The number of benzene rings is 1. The summed E-state index contributed by atoms with van der Waals surface area (Å²) in [5, 5.41) is 15.2. The van der Waals surface area contributed by atoms with E-state index in [4.69, 9.17) is 11.6 Å². The van der Waals surface area contributed by atoms with Crippen LogP contribution in [0.15, 0.2) is 18.2 Å². The van der Waals surface area contributed by atoms with E-state index in [-0.39, 0.29) is 6.04 Å². The molecule has 1 aromatic carbocycles. The van der Waals surface area contributed by atoms with Crippen LogP contribution in [0.25, 0.3) is 12.3 Å². The summed E-state index contributed by atoms with van der Waals surface area (Å²) in [4.78, 5) is 11.4. The lowest BCUT2D eigenvalue weighted by Gasteiger charge is -2.31. The van der Waals surface area contributed by atoms with Crippen molar-refractivity contribution in [2.45, 2.75) is 18.9 Å². The molecule has 1 heterocycles. The Morgan fingerprint density at radius 2 is 2.29 bits per heavy atom. The number of nitrogens with two attached hydrogens (primary N) is 2. The highest BCUT2D eigenvalue weighted by Crippen LogP contribution is 2.11. The average Bonchev–Trinajstić information content (AvgIpc) is 2.50. The SMILES string of the molecule is C=c1c(C(N)=O)ccc/c1=C(\C#N)N(N)C1CCCNC1. The summed E-state index contributed by atoms with van der Waals surface area (Å²) in [6.07, 6.45) is 1.92. The van der Waals surface area contributed by atoms with Gasteiger partial charge in [0.05, 0.1) is 6.04 Å². The Morgan fingerprint density at radius 3 is 2.86 bits per heavy atom. The Balaban J connectivity index is 2.53. The summed E-state index contributed by atoms with van der Waals surface area (Å²) >= 11 is 0. The van der Waals surface area contributed by atoms with Crippen LogP contribution in [0.5, 0.6) is 0 Å². The molecule has 0 saturated carbocycles. The average molecular weight is 285 g/mol. The highest BCUT2D eigenvalue weighted by molar-refractivity contribution is 5.93. The number of nitrogens with one attached hydrogen (secondary N) is 1. The van der Waals surface area contributed by atoms with Gasteiger partial charge in [-0.15, -0.1) is 0 Å². The van der Waals surface area contributed by atoms with Gasteiger partial charge < -0.3 is 11.1 Å². The third kappa shape index (κ3) is 3.05. The first-order valence-corrected chi connectivity index (χ1v) is 6.83. The summed E-state index contributed by atoms with van der Waals surface area (Å²) < 4.78 is 0. The van der Waals surface area contributed by atoms with E-state index in [0.717, 1.165) is 25.9 Å². The molecule has 21 heavy (non-hydrogen) atoms. The monoisotopic (exact) mass is 285 g/mol. The van der Waals surface area contributed by atoms with Crippen molar-refractivity contribution in [1.82, 2.24) is 10.3 Å². The van der Waals surface area contributed by atoms with Crippen molar-refractivity contribution in [3.8, 4) is 6.07 Å². The van der Waals surface area contributed by atoms with Crippen molar-refractivity contribution in [3.63, 3.8) is 0 Å². The predicted molar refractivity (Wildman–Crippen MR) is 80.7 cm³/mol. The minimum atomic E-state index is -0.568. The number of hydrazine groups is 1. The van der Waals surface area contributed by atoms with Crippen molar-refractivity contribution in [3.05, 3.63) is 34.2 Å². The predicted octanol–water partition coefficient (Wildman–Crippen LogP) is -1.24. The first-order valence-electron chi connectivity index (χ1n) is 6.83. The molecule has 0 aliphatic carbocycles. The number of hydrogen-bond donors (Lipinski definition) is 3. The molecule has 0 aromatic heterocycles. The van der Waals surface area contributed by atoms with Crippen LogP contribution in [-0.2, 0) is 0 Å². The number of piperidine rings is 1. The molecule has 1 aromatic rings. The van der Waals surface area contributed by atoms with E-state index < -0.39 is 5.91 Å². The molecule has 1 fully saturated rings. The van der Waals surface area contributed by atoms with Crippen LogP contribution >= 0.6 is 0 Å². The van der Waals surface area contributed by atoms with Crippen LogP contribution in [0.3, 0.4) is 0 Å². The summed E-state index contributed by atoms with van der Waals surface area (Å²) in [6, 6.07) is 7.16. The number of carbonyl (C=O) groups is 1. The molecule has 6 heteroatoms. The van der Waals surface area contributed by atoms with E-state index in [1.54, 1.807) is 18.2 Å². The molecule has 5 N–H and O–H groups in total. The number of nitrogens with zero attached hydrogens (tertiary/aromatic N) is 2. The van der Waals surface area contributed by atoms with Crippen molar-refractivity contribution < 1.29 is 4.79 Å². The number of hydrogen-bond acceptors (Lipinski definition) is 5. The molecule has 1 amide bonds. The molecule has 1 aliphatic heterocycles. The number of amides is 1. The Labute approximate surface area is 123 Å². The maximum atomic E-state index is 11.4. The van der Waals surface area contributed by atoms with E-state index in [1.165, 1.54) is 5.01 Å². The van der Waals surface area contributed by atoms with Gasteiger partial charge in [-0.2, -0.15) is 5.26 Å². The largest absolute Gasteiger partial charge is 0.366 e. The van der Waals surface area contributed by atoms with Crippen molar-refractivity contribution in [2.75, 3.05) is 13.1 Å². The van der Waals surface area contributed by atoms with Crippen molar-refractivity contribution >= 4 is 18.2 Å². The van der Waals surface area contributed by atoms with E-state index in [2.05, 4.69) is 18.0 Å². The minimum Gasteiger partial charge on any atom is -0.366 e. The Bertz CT molecular complexity index is 685. The molecular weight excluding hydrogens is 266 g/mol. The topological polar surface area (TPSA) is 108 Å². The quantitative estimate of drug-likeness (QED) is 0.475. The second-order valence-corrected chi connectivity index (χ2v) is 5.06. The second kappa shape index (κ2) is 6.39. The lowest BCUT2D eigenvalue weighted by Crippen LogP contribution is -2.50. The molecule has 0 spiro atoms. The van der Waals surface area contributed by atoms with Gasteiger partial charge in [0, 0.05) is 17.3 Å². The van der Waals surface area contributed by atoms with Crippen LogP contribution in [0.1, 0.15) is 23.2 Å². The number of carbonyl (C=O) groups excluding carboxylic acids is 1. The van der Waals surface area contributed by atoms with Crippen LogP contribution in [0.4, 0.5) is 0 Å². The normalized spacial score (nSPS) is 19.5. The Hall–Kier alpha value is -2.36. The fourth-order valence-corrected chi connectivity index (χ4v) is 2.55. The van der Waals surface area contributed by atoms with Gasteiger partial charge in [0.2, 0.25) is 5.91 Å². The number of primary amides is 1.